The molecule has 0 N–H and O–H groups in total. The molecule has 0 spiro atoms. The van der Waals surface area contributed by atoms with Crippen molar-refractivity contribution in [2.24, 2.45) is 0 Å². The Morgan fingerprint density at radius 3 is 2.88 bits per heavy atom. The van der Waals surface area contributed by atoms with E-state index in [1.54, 1.807) is 12.3 Å². The summed E-state index contributed by atoms with van der Waals surface area (Å²) < 4.78 is 37.9. The van der Waals surface area contributed by atoms with Crippen molar-refractivity contribution in [2.75, 3.05) is 13.1 Å². The van der Waals surface area contributed by atoms with Gasteiger partial charge in [-0.05, 0) is 37.6 Å². The predicted octanol–water partition coefficient (Wildman–Crippen LogP) is 1.90. The number of carbonyl (C=O) groups is 1. The third kappa shape index (κ3) is 3.06. The lowest BCUT2D eigenvalue weighted by atomic mass is 10.1. The summed E-state index contributed by atoms with van der Waals surface area (Å²) in [5, 5.41) is 0. The number of rotatable bonds is 4. The molecule has 1 aromatic heterocycles. The van der Waals surface area contributed by atoms with E-state index in [1.807, 2.05) is 19.1 Å². The zero-order chi connectivity index (χ0) is 18.3. The van der Waals surface area contributed by atoms with E-state index in [4.69, 9.17) is 9.47 Å². The molecule has 3 heterocycles. The number of aryl methyl sites for hydroxylation is 1. The van der Waals surface area contributed by atoms with E-state index in [1.165, 1.54) is 16.4 Å². The fraction of sp³-hybridized carbons (Fsp3) is 0.333. The first kappa shape index (κ1) is 17.0. The van der Waals surface area contributed by atoms with Gasteiger partial charge >= 0.3 is 5.97 Å². The standard InChI is InChI=1S/C18H18N2O5S/c1-12-2-4-14(9-19-12)25-15-6-7-20(10-15)26(22,23)16-5-3-13-11-24-18(21)17(13)8-16/h2-5,8-9,15H,6-7,10-11H2,1H3/t15-/m1/s1. The van der Waals surface area contributed by atoms with Crippen molar-refractivity contribution >= 4 is 16.0 Å². The lowest BCUT2D eigenvalue weighted by Crippen LogP contribution is -2.31. The number of sulfonamides is 1. The van der Waals surface area contributed by atoms with Crippen molar-refractivity contribution in [1.29, 1.82) is 0 Å². The fourth-order valence-corrected chi connectivity index (χ4v) is 4.64. The highest BCUT2D eigenvalue weighted by atomic mass is 32.2. The van der Waals surface area contributed by atoms with Crippen LogP contribution in [0, 0.1) is 6.92 Å². The minimum atomic E-state index is -3.69. The number of aromatic nitrogens is 1. The SMILES string of the molecule is Cc1ccc(O[C@@H]2CCN(S(=O)(=O)c3ccc4c(c3)C(=O)OC4)C2)cn1. The average molecular weight is 374 g/mol. The van der Waals surface area contributed by atoms with E-state index in [0.29, 0.717) is 29.8 Å². The van der Waals surface area contributed by atoms with Gasteiger partial charge in [0.25, 0.3) is 0 Å². The highest BCUT2D eigenvalue weighted by Crippen LogP contribution is 2.28. The van der Waals surface area contributed by atoms with Gasteiger partial charge < -0.3 is 9.47 Å². The van der Waals surface area contributed by atoms with Crippen LogP contribution in [0.25, 0.3) is 0 Å². The Bertz CT molecular complexity index is 956. The third-order valence-corrected chi connectivity index (χ3v) is 6.45. The topological polar surface area (TPSA) is 85.8 Å². The molecule has 0 radical (unpaired) electrons. The second-order valence-corrected chi connectivity index (χ2v) is 8.36. The number of nitrogens with zero attached hydrogens (tertiary/aromatic N) is 2. The number of ether oxygens (including phenoxy) is 2. The fourth-order valence-electron chi connectivity index (χ4n) is 3.13. The van der Waals surface area contributed by atoms with Gasteiger partial charge in [0.05, 0.1) is 23.2 Å². The lowest BCUT2D eigenvalue weighted by Gasteiger charge is -2.17. The van der Waals surface area contributed by atoms with Crippen LogP contribution in [0.2, 0.25) is 0 Å². The van der Waals surface area contributed by atoms with Gasteiger partial charge in [-0.25, -0.2) is 13.2 Å². The molecule has 2 aliphatic rings. The number of benzene rings is 1. The first-order chi connectivity index (χ1) is 12.4. The summed E-state index contributed by atoms with van der Waals surface area (Å²) in [7, 11) is -3.69. The van der Waals surface area contributed by atoms with E-state index in [0.717, 1.165) is 5.69 Å². The minimum absolute atomic E-state index is 0.104. The van der Waals surface area contributed by atoms with Gasteiger partial charge in [-0.2, -0.15) is 4.31 Å². The Morgan fingerprint density at radius 2 is 2.12 bits per heavy atom. The Kier molecular flexibility index (Phi) is 4.16. The van der Waals surface area contributed by atoms with Crippen molar-refractivity contribution in [3.63, 3.8) is 0 Å². The molecule has 0 unspecified atom stereocenters. The van der Waals surface area contributed by atoms with Gasteiger partial charge in [-0.1, -0.05) is 6.07 Å². The maximum atomic E-state index is 12.9. The summed E-state index contributed by atoms with van der Waals surface area (Å²) in [5.74, 6) is 0.145. The zero-order valence-electron chi connectivity index (χ0n) is 14.2. The Balaban J connectivity index is 1.50. The maximum absolute atomic E-state index is 12.9. The van der Waals surface area contributed by atoms with Gasteiger partial charge in [-0.15, -0.1) is 0 Å². The summed E-state index contributed by atoms with van der Waals surface area (Å²) >= 11 is 0. The van der Waals surface area contributed by atoms with Crippen LogP contribution in [0.1, 0.15) is 28.0 Å². The van der Waals surface area contributed by atoms with Crippen molar-refractivity contribution in [3.8, 4) is 5.75 Å². The number of pyridine rings is 1. The van der Waals surface area contributed by atoms with Crippen molar-refractivity contribution in [1.82, 2.24) is 9.29 Å². The molecule has 2 aliphatic heterocycles. The van der Waals surface area contributed by atoms with Gasteiger partial charge in [0, 0.05) is 17.8 Å². The summed E-state index contributed by atoms with van der Waals surface area (Å²) in [6.45, 7) is 2.71. The molecule has 0 bridgehead atoms. The largest absolute Gasteiger partial charge is 0.487 e. The quantitative estimate of drug-likeness (QED) is 0.760. The summed E-state index contributed by atoms with van der Waals surface area (Å²) in [6.07, 6.45) is 2.01. The third-order valence-electron chi connectivity index (χ3n) is 4.59. The second kappa shape index (κ2) is 6.37. The molecule has 136 valence electrons. The van der Waals surface area contributed by atoms with Gasteiger partial charge in [0.2, 0.25) is 10.0 Å². The number of hydrogen-bond donors (Lipinski definition) is 0. The smallest absolute Gasteiger partial charge is 0.338 e. The predicted molar refractivity (Wildman–Crippen MR) is 92.3 cm³/mol. The Hall–Kier alpha value is -2.45. The van der Waals surface area contributed by atoms with E-state index in [-0.39, 0.29) is 24.2 Å². The zero-order valence-corrected chi connectivity index (χ0v) is 15.0. The molecule has 1 atom stereocenters. The molecule has 4 rings (SSSR count). The van der Waals surface area contributed by atoms with Crippen LogP contribution in [-0.4, -0.2) is 42.9 Å². The molecule has 26 heavy (non-hydrogen) atoms. The summed E-state index contributed by atoms with van der Waals surface area (Å²) in [4.78, 5) is 16.0. The van der Waals surface area contributed by atoms with Crippen LogP contribution in [0.3, 0.4) is 0 Å². The van der Waals surface area contributed by atoms with E-state index in [2.05, 4.69) is 4.98 Å². The molecule has 0 amide bonds. The monoisotopic (exact) mass is 374 g/mol. The molecule has 2 aromatic rings. The molecule has 7 nitrogen and oxygen atoms in total. The first-order valence-corrected chi connectivity index (χ1v) is 9.77. The van der Waals surface area contributed by atoms with Gasteiger partial charge in [-0.3, -0.25) is 4.98 Å². The molecule has 1 aromatic carbocycles. The average Bonchev–Trinajstić information content (AvgIpc) is 3.24. The number of esters is 1. The van der Waals surface area contributed by atoms with Crippen molar-refractivity contribution < 1.29 is 22.7 Å². The molecular weight excluding hydrogens is 356 g/mol. The van der Waals surface area contributed by atoms with Crippen LogP contribution in [0.5, 0.6) is 5.75 Å². The molecule has 1 saturated heterocycles. The molecule has 1 fully saturated rings. The molecule has 0 aliphatic carbocycles. The van der Waals surface area contributed by atoms with Crippen LogP contribution in [0.4, 0.5) is 0 Å². The molecule has 0 saturated carbocycles. The van der Waals surface area contributed by atoms with Crippen molar-refractivity contribution in [3.05, 3.63) is 53.3 Å². The maximum Gasteiger partial charge on any atom is 0.338 e. The van der Waals surface area contributed by atoms with Crippen LogP contribution >= 0.6 is 0 Å². The summed E-state index contributed by atoms with van der Waals surface area (Å²) in [6, 6.07) is 8.23. The van der Waals surface area contributed by atoms with Crippen molar-refractivity contribution in [2.45, 2.75) is 31.0 Å². The highest BCUT2D eigenvalue weighted by Gasteiger charge is 2.35. The van der Waals surface area contributed by atoms with Crippen LogP contribution < -0.4 is 4.74 Å². The normalized spacial score (nSPS) is 20.0. The Labute approximate surface area is 151 Å². The number of fused-ring (bicyclic) bond motifs is 1. The van der Waals surface area contributed by atoms with Gasteiger partial charge in [0.1, 0.15) is 18.5 Å². The van der Waals surface area contributed by atoms with E-state index in [9.17, 15) is 13.2 Å². The van der Waals surface area contributed by atoms with E-state index < -0.39 is 16.0 Å². The molecule has 8 heteroatoms. The molecular formula is C18H18N2O5S. The Morgan fingerprint density at radius 1 is 1.27 bits per heavy atom. The summed E-state index contributed by atoms with van der Waals surface area (Å²) in [5.41, 5.74) is 1.93. The lowest BCUT2D eigenvalue weighted by molar-refractivity contribution is 0.0535. The number of hydrogen-bond acceptors (Lipinski definition) is 6. The minimum Gasteiger partial charge on any atom is -0.487 e. The number of cyclic esters (lactones) is 1. The second-order valence-electron chi connectivity index (χ2n) is 6.42. The van der Waals surface area contributed by atoms with Gasteiger partial charge in [0.15, 0.2) is 0 Å². The van der Waals surface area contributed by atoms with E-state index >= 15 is 0 Å². The first-order valence-electron chi connectivity index (χ1n) is 8.33. The van der Waals surface area contributed by atoms with Crippen LogP contribution in [0.15, 0.2) is 41.4 Å². The number of carbonyl (C=O) groups excluding carboxylic acids is 1. The highest BCUT2D eigenvalue weighted by molar-refractivity contribution is 7.89. The van der Waals surface area contributed by atoms with Crippen LogP contribution in [-0.2, 0) is 21.4 Å².